The fraction of sp³-hybridized carbons (Fsp3) is 0.116. The molecule has 0 spiro atoms. The molecular weight excluding hydrogens is 1280 g/mol. The van der Waals surface area contributed by atoms with Crippen molar-refractivity contribution >= 4 is 46.3 Å². The second-order valence-corrected chi connectivity index (χ2v) is 20.2. The van der Waals surface area contributed by atoms with Crippen LogP contribution in [0.15, 0.2) is 181 Å². The van der Waals surface area contributed by atoms with Crippen LogP contribution in [0.3, 0.4) is 0 Å². The Morgan fingerprint density at radius 1 is 0.562 bits per heavy atom. The molecule has 9 aromatic carbocycles. The number of carbonyl (C=O) groups is 4. The van der Waals surface area contributed by atoms with Gasteiger partial charge in [0.15, 0.2) is 23.2 Å². The van der Waals surface area contributed by atoms with Crippen molar-refractivity contribution < 1.29 is 98.2 Å². The Morgan fingerprint density at radius 3 is 1.53 bits per heavy atom. The van der Waals surface area contributed by atoms with Gasteiger partial charge in [0.25, 0.3) is 5.91 Å². The second kappa shape index (κ2) is 36.4. The molecule has 0 radical (unpaired) electrons. The summed E-state index contributed by atoms with van der Waals surface area (Å²) in [6.45, 7) is 0.805. The maximum atomic E-state index is 14.0. The quantitative estimate of drug-likeness (QED) is 0.0114. The van der Waals surface area contributed by atoms with Crippen molar-refractivity contribution in [2.45, 2.75) is 25.9 Å². The van der Waals surface area contributed by atoms with Crippen LogP contribution in [0.1, 0.15) is 88.3 Å². The smallest absolute Gasteiger partial charge is 0.335 e. The minimum atomic E-state index is -1.39. The Balaban J connectivity index is 0.000000219. The summed E-state index contributed by atoms with van der Waals surface area (Å²) in [5, 5.41) is 72.7. The third-order valence-electron chi connectivity index (χ3n) is 13.2. The number of carboxylic acid groups (broad SMARTS) is 1. The molecule has 1 heterocycles. The van der Waals surface area contributed by atoms with Crippen LogP contribution >= 0.6 is 0 Å². The topological polar surface area (TPSA) is 293 Å². The van der Waals surface area contributed by atoms with Crippen LogP contribution in [0, 0.1) is 76.3 Å². The lowest BCUT2D eigenvalue weighted by Gasteiger charge is -2.18. The molecule has 1 amide bonds. The van der Waals surface area contributed by atoms with E-state index < -0.39 is 119 Å². The second-order valence-electron chi connectivity index (χ2n) is 20.2. The molecule has 1 aromatic heterocycles. The summed E-state index contributed by atoms with van der Waals surface area (Å²) >= 11 is 0. The van der Waals surface area contributed by atoms with Crippen molar-refractivity contribution in [1.82, 2.24) is 15.5 Å². The van der Waals surface area contributed by atoms with Gasteiger partial charge in [-0.2, -0.15) is 5.10 Å². The fourth-order valence-corrected chi connectivity index (χ4v) is 8.42. The van der Waals surface area contributed by atoms with Crippen LogP contribution in [0.4, 0.5) is 48.3 Å². The molecule has 10 rings (SSSR count). The van der Waals surface area contributed by atoms with Crippen molar-refractivity contribution in [2.75, 3.05) is 26.4 Å². The summed E-state index contributed by atoms with van der Waals surface area (Å²) in [6.07, 6.45) is 2.99. The zero-order valence-corrected chi connectivity index (χ0v) is 50.2. The molecule has 27 heteroatoms. The molecule has 96 heavy (non-hydrogen) atoms. The number of carboxylic acids is 1. The Labute approximate surface area is 539 Å². The first kappa shape index (κ1) is 75.6. The van der Waals surface area contributed by atoms with Gasteiger partial charge in [0.05, 0.1) is 49.2 Å². The largest absolute Gasteiger partial charge is 0.478 e. The van der Waals surface area contributed by atoms with Crippen LogP contribution in [0.5, 0.6) is 0 Å². The first-order valence-electron chi connectivity index (χ1n) is 27.8. The van der Waals surface area contributed by atoms with Crippen molar-refractivity contribution in [2.24, 2.45) is 10.9 Å². The normalized spacial score (nSPS) is 11.2. The summed E-state index contributed by atoms with van der Waals surface area (Å²) in [4.78, 5) is 45.0. The number of fused-ring (bicyclic) bond motifs is 1. The summed E-state index contributed by atoms with van der Waals surface area (Å²) in [6, 6.07) is 34.7. The van der Waals surface area contributed by atoms with E-state index in [0.717, 1.165) is 111 Å². The van der Waals surface area contributed by atoms with E-state index in [0.29, 0.717) is 18.2 Å². The van der Waals surface area contributed by atoms with E-state index in [1.807, 2.05) is 55.5 Å². The van der Waals surface area contributed by atoms with E-state index in [-0.39, 0.29) is 51.5 Å². The number of aromatic carboxylic acids is 1. The van der Waals surface area contributed by atoms with Crippen molar-refractivity contribution in [3.05, 3.63) is 290 Å². The van der Waals surface area contributed by atoms with Gasteiger partial charge in [-0.25, -0.2) is 53.1 Å². The summed E-state index contributed by atoms with van der Waals surface area (Å²) in [5.41, 5.74) is 11.5. The fourth-order valence-electron chi connectivity index (χ4n) is 8.42. The van der Waals surface area contributed by atoms with Gasteiger partial charge in [-0.15, -0.1) is 0 Å². The molecule has 16 nitrogen and oxygen atoms in total. The van der Waals surface area contributed by atoms with Crippen molar-refractivity contribution in [3.8, 4) is 22.3 Å². The van der Waals surface area contributed by atoms with Crippen molar-refractivity contribution in [3.63, 3.8) is 0 Å². The maximum Gasteiger partial charge on any atom is 0.335 e. The summed E-state index contributed by atoms with van der Waals surface area (Å²) < 4.78 is 141. The third kappa shape index (κ3) is 22.6. The highest BCUT2D eigenvalue weighted by atomic mass is 19.2. The molecule has 0 bridgehead atoms. The molecule has 10 aromatic rings. The van der Waals surface area contributed by atoms with Gasteiger partial charge >= 0.3 is 5.97 Å². The third-order valence-corrected chi connectivity index (χ3v) is 13.2. The summed E-state index contributed by atoms with van der Waals surface area (Å²) in [5.74, 6) is -12.4. The van der Waals surface area contributed by atoms with E-state index in [9.17, 15) is 72.6 Å². The molecule has 0 saturated heterocycles. The number of nitrogens with zero attached hydrogens (tertiary/aromatic N) is 2. The van der Waals surface area contributed by atoms with Gasteiger partial charge < -0.3 is 47.2 Å². The Bertz CT molecular complexity index is 4340. The van der Waals surface area contributed by atoms with Gasteiger partial charge in [-0.1, -0.05) is 47.6 Å². The van der Waals surface area contributed by atoms with Crippen LogP contribution in [-0.2, 0) is 0 Å². The van der Waals surface area contributed by atoms with Gasteiger partial charge in [0.1, 0.15) is 64.7 Å². The minimum Gasteiger partial charge on any atom is -0.478 e. The number of halogens is 11. The minimum absolute atomic E-state index is 0.0162. The highest BCUT2D eigenvalue weighted by molar-refractivity contribution is 6.01. The average Bonchev–Trinajstić information content (AvgIpc) is 1.13. The highest BCUT2D eigenvalue weighted by Gasteiger charge is 2.23. The van der Waals surface area contributed by atoms with Gasteiger partial charge in [-0.05, 0) is 150 Å². The Hall–Kier alpha value is -11.1. The molecule has 0 saturated carbocycles. The number of nitrogens with one attached hydrogen (secondary N) is 3. The molecule has 0 aliphatic rings. The standard InChI is InChI=1S/C22H16F3N3O2.C15H13NO2.C8H7F2NO2.C8H9F2NO.C8H6F2O2.C8H6F2O/c23-16-8-17(21(25)18(24)9-16)20(11-29)27-22(30)14-3-1-2-12(6-14)13-4-5-19-15(7-13)10-26-28-19;1-10-5-6-12(8-14(10)9-16)11-3-2-4-13(7-11)15(17)18;9-6-1-5(2-7(10)3-6)8(4-12)11-13;9-6-1-5(8(11)4-12)2-7(10)3-6;9-6-1-5(8(12)4-11)2-7(10)3-6;1-5(11)6-2-7(9)4-8(10)3-6/h1-10,20,29H,11H2,(H,26,28)(H,27,30);2-9,16H,1H3,(H,17,18);1-3,12-13H,4H2;1-3,8,12H,4,11H2;1-3,11H,4H2;2-4H,1H3/b;;11-8+;;;. The Kier molecular flexibility index (Phi) is 28.7. The van der Waals surface area contributed by atoms with Crippen LogP contribution in [-0.4, -0.2) is 103 Å². The zero-order chi connectivity index (χ0) is 70.9. The lowest BCUT2D eigenvalue weighted by Crippen LogP contribution is -2.31. The number of ketones is 2. The number of Topliss-reactive ketones (excluding diaryl/α,β-unsaturated/α-hetero) is 2. The monoisotopic (exact) mass is 1340 g/mol. The first-order valence-corrected chi connectivity index (χ1v) is 27.8. The number of aliphatic hydroxyl groups excluding tert-OH is 4. The number of aromatic amines is 1. The molecule has 0 fully saturated rings. The average molecular weight is 1340 g/mol. The van der Waals surface area contributed by atoms with Crippen molar-refractivity contribution in [1.29, 1.82) is 5.41 Å². The SMILES string of the molecule is CC(=O)c1cc(F)cc(F)c1.Cc1ccc(-c2cccc(C(=O)O)c2)cc1C=N.NC(CO)c1cc(F)cc(F)c1.O=C(CO)c1cc(F)cc(F)c1.O=C(NC(CO)c1cc(F)cc(F)c1F)c1cccc(-c2ccc3[nH]ncc3c2)c1.OC/C(=N\O)c1cc(F)cc(F)c1. The van der Waals surface area contributed by atoms with Crippen LogP contribution < -0.4 is 11.1 Å². The number of amides is 1. The predicted octanol–water partition coefficient (Wildman–Crippen LogP) is 12.9. The number of aryl methyl sites for hydroxylation is 1. The predicted molar refractivity (Wildman–Crippen MR) is 333 cm³/mol. The number of hydrogen-bond acceptors (Lipinski definition) is 13. The highest BCUT2D eigenvalue weighted by Crippen LogP contribution is 2.27. The molecule has 2 atom stereocenters. The number of oxime groups is 1. The number of carbonyl (C=O) groups excluding carboxylic acids is 3. The van der Waals surface area contributed by atoms with Gasteiger partial charge in [0.2, 0.25) is 0 Å². The van der Waals surface area contributed by atoms with E-state index in [2.05, 4.69) is 20.7 Å². The van der Waals surface area contributed by atoms with Gasteiger partial charge in [0, 0.05) is 69.7 Å². The molecule has 0 aliphatic carbocycles. The summed E-state index contributed by atoms with van der Waals surface area (Å²) in [7, 11) is 0. The number of nitrogens with two attached hydrogens (primary N) is 1. The lowest BCUT2D eigenvalue weighted by atomic mass is 9.99. The van der Waals surface area contributed by atoms with E-state index in [4.69, 9.17) is 36.8 Å². The molecule has 2 unspecified atom stereocenters. The molecular formula is C69H57F11N6O10. The molecule has 11 N–H and O–H groups in total. The number of hydrogen-bond donors (Lipinski definition) is 10. The number of benzene rings is 9. The van der Waals surface area contributed by atoms with Gasteiger partial charge in [-0.3, -0.25) is 19.5 Å². The number of rotatable bonds is 15. The lowest BCUT2D eigenvalue weighted by molar-refractivity contribution is 0.0696. The van der Waals surface area contributed by atoms with E-state index in [1.165, 1.54) is 13.1 Å². The van der Waals surface area contributed by atoms with Crippen LogP contribution in [0.25, 0.3) is 33.2 Å². The number of aromatic nitrogens is 2. The van der Waals surface area contributed by atoms with E-state index >= 15 is 0 Å². The van der Waals surface area contributed by atoms with Crippen LogP contribution in [0.2, 0.25) is 0 Å². The Morgan fingerprint density at radius 2 is 1.04 bits per heavy atom. The number of H-pyrrole nitrogens is 1. The maximum absolute atomic E-state index is 14.0. The van der Waals surface area contributed by atoms with E-state index in [1.54, 1.807) is 42.6 Å². The first-order chi connectivity index (χ1) is 45.6. The zero-order valence-electron chi connectivity index (χ0n) is 50.2. The number of aliphatic hydroxyl groups is 4. The molecule has 0 aliphatic heterocycles. The molecule has 500 valence electrons.